The fraction of sp³-hybridized carbons (Fsp3) is 0.0323. The molecule has 0 saturated carbocycles. The molecule has 0 saturated heterocycles. The van der Waals surface area contributed by atoms with E-state index in [2.05, 4.69) is 125 Å². The van der Waals surface area contributed by atoms with Crippen molar-refractivity contribution in [3.63, 3.8) is 0 Å². The summed E-state index contributed by atoms with van der Waals surface area (Å²) < 4.78 is 2.37. The van der Waals surface area contributed by atoms with Crippen LogP contribution in [-0.4, -0.2) is 9.97 Å². The normalized spacial score (nSPS) is 11.1. The van der Waals surface area contributed by atoms with E-state index in [4.69, 9.17) is 4.98 Å². The van der Waals surface area contributed by atoms with Crippen LogP contribution in [0.3, 0.4) is 0 Å². The van der Waals surface area contributed by atoms with Gasteiger partial charge in [-0.15, -0.1) is 0 Å². The highest BCUT2D eigenvalue weighted by Crippen LogP contribution is 2.29. The van der Waals surface area contributed by atoms with Crippen LogP contribution < -0.4 is 4.57 Å². The van der Waals surface area contributed by atoms with E-state index < -0.39 is 0 Å². The number of aromatic nitrogens is 3. The molecule has 6 rings (SSSR count). The lowest BCUT2D eigenvalue weighted by Crippen LogP contribution is -2.40. The van der Waals surface area contributed by atoms with Crippen molar-refractivity contribution in [3.05, 3.63) is 133 Å². The number of H-pyrrole nitrogens is 1. The maximum atomic E-state index is 4.88. The van der Waals surface area contributed by atoms with Gasteiger partial charge in [0.05, 0.1) is 11.0 Å². The third-order valence-electron chi connectivity index (χ3n) is 6.16. The number of nitrogens with one attached hydrogen (secondary N) is 1. The van der Waals surface area contributed by atoms with Crippen molar-refractivity contribution < 1.29 is 4.57 Å². The standard InChI is InChI=1S/C31H24N3/c1-4-12-23(13-5-1)26-20-29(24-14-6-2-7-15-24)34(30(21-26)25-16-8-3-9-17-25)22-31-32-27-18-10-11-19-28(27)33-31/h1-21H,22H2,(H,32,33)/q+1. The van der Waals surface area contributed by atoms with Gasteiger partial charge in [0.2, 0.25) is 17.9 Å². The van der Waals surface area contributed by atoms with Gasteiger partial charge in [-0.3, -0.25) is 0 Å². The number of hydrogen-bond acceptors (Lipinski definition) is 1. The summed E-state index contributed by atoms with van der Waals surface area (Å²) >= 11 is 0. The maximum Gasteiger partial charge on any atom is 0.214 e. The van der Waals surface area contributed by atoms with Crippen molar-refractivity contribution in [3.8, 4) is 33.6 Å². The number of pyridine rings is 1. The van der Waals surface area contributed by atoms with E-state index in [1.54, 1.807) is 0 Å². The Morgan fingerprint density at radius 1 is 0.529 bits per heavy atom. The Kier molecular flexibility index (Phi) is 5.21. The summed E-state index contributed by atoms with van der Waals surface area (Å²) in [6, 6.07) is 44.6. The summed E-state index contributed by atoms with van der Waals surface area (Å²) in [6.07, 6.45) is 0. The number of nitrogens with zero attached hydrogens (tertiary/aromatic N) is 2. The van der Waals surface area contributed by atoms with Gasteiger partial charge in [0.1, 0.15) is 0 Å². The molecule has 4 aromatic carbocycles. The average molecular weight is 439 g/mol. The first-order chi connectivity index (χ1) is 16.8. The molecule has 0 aliphatic rings. The molecule has 0 bridgehead atoms. The number of rotatable bonds is 5. The second kappa shape index (κ2) is 8.80. The Hall–Kier alpha value is -4.50. The van der Waals surface area contributed by atoms with Crippen LogP contribution in [0.5, 0.6) is 0 Å². The largest absolute Gasteiger partial charge is 0.337 e. The Balaban J connectivity index is 1.61. The maximum absolute atomic E-state index is 4.88. The molecule has 0 fully saturated rings. The molecule has 3 nitrogen and oxygen atoms in total. The van der Waals surface area contributed by atoms with E-state index in [1.165, 1.54) is 22.3 Å². The van der Waals surface area contributed by atoms with Crippen molar-refractivity contribution in [1.82, 2.24) is 9.97 Å². The van der Waals surface area contributed by atoms with Gasteiger partial charge in [0.15, 0.2) is 5.82 Å². The van der Waals surface area contributed by atoms with Crippen LogP contribution in [0.4, 0.5) is 0 Å². The van der Waals surface area contributed by atoms with Gasteiger partial charge in [0.25, 0.3) is 0 Å². The van der Waals surface area contributed by atoms with Gasteiger partial charge >= 0.3 is 0 Å². The molecule has 0 spiro atoms. The topological polar surface area (TPSA) is 32.6 Å². The molecule has 0 radical (unpaired) electrons. The quantitative estimate of drug-likeness (QED) is 0.292. The van der Waals surface area contributed by atoms with E-state index in [-0.39, 0.29) is 0 Å². The molecular formula is C31H24N3+. The summed E-state index contributed by atoms with van der Waals surface area (Å²) in [5.41, 5.74) is 9.10. The Bertz CT molecular complexity index is 1460. The zero-order valence-corrected chi connectivity index (χ0v) is 18.7. The van der Waals surface area contributed by atoms with Crippen molar-refractivity contribution in [2.75, 3.05) is 0 Å². The second-order valence-corrected chi connectivity index (χ2v) is 8.40. The van der Waals surface area contributed by atoms with Crippen LogP contribution in [0.15, 0.2) is 127 Å². The third-order valence-corrected chi connectivity index (χ3v) is 6.16. The number of benzene rings is 4. The number of imidazole rings is 1. The van der Waals surface area contributed by atoms with Crippen LogP contribution in [0, 0.1) is 0 Å². The fourth-order valence-electron chi connectivity index (χ4n) is 4.52. The molecule has 34 heavy (non-hydrogen) atoms. The molecule has 0 unspecified atom stereocenters. The van der Waals surface area contributed by atoms with Crippen molar-refractivity contribution in [2.45, 2.75) is 6.54 Å². The first-order valence-electron chi connectivity index (χ1n) is 11.5. The minimum absolute atomic E-state index is 0.637. The fourth-order valence-corrected chi connectivity index (χ4v) is 4.52. The predicted octanol–water partition coefficient (Wildman–Crippen LogP) is 6.90. The minimum Gasteiger partial charge on any atom is -0.337 e. The van der Waals surface area contributed by atoms with Gasteiger partial charge in [-0.05, 0) is 47.5 Å². The van der Waals surface area contributed by atoms with Crippen molar-refractivity contribution in [2.24, 2.45) is 0 Å². The molecule has 0 aliphatic heterocycles. The lowest BCUT2D eigenvalue weighted by molar-refractivity contribution is -0.667. The summed E-state index contributed by atoms with van der Waals surface area (Å²) in [7, 11) is 0. The highest BCUT2D eigenvalue weighted by atomic mass is 15.0. The van der Waals surface area contributed by atoms with Crippen LogP contribution in [-0.2, 0) is 6.54 Å². The van der Waals surface area contributed by atoms with Crippen LogP contribution in [0.2, 0.25) is 0 Å². The van der Waals surface area contributed by atoms with Crippen LogP contribution in [0.1, 0.15) is 5.82 Å². The van der Waals surface area contributed by atoms with E-state index in [9.17, 15) is 0 Å². The molecule has 6 aromatic rings. The van der Waals surface area contributed by atoms with Gasteiger partial charge in [0, 0.05) is 23.3 Å². The Labute approximate surface area is 199 Å². The SMILES string of the molecule is c1ccc(-c2cc(-c3ccccc3)[n+](Cc3nc4ccccc4[nH]3)c(-c3ccccc3)c2)cc1. The molecule has 1 N–H and O–H groups in total. The number of hydrogen-bond donors (Lipinski definition) is 1. The molecule has 2 aromatic heterocycles. The predicted molar refractivity (Wildman–Crippen MR) is 138 cm³/mol. The monoisotopic (exact) mass is 438 g/mol. The average Bonchev–Trinajstić information content (AvgIpc) is 3.33. The number of aromatic amines is 1. The number of fused-ring (bicyclic) bond motifs is 1. The lowest BCUT2D eigenvalue weighted by atomic mass is 9.99. The Morgan fingerprint density at radius 2 is 1.03 bits per heavy atom. The summed E-state index contributed by atoms with van der Waals surface area (Å²) in [6.45, 7) is 0.637. The molecule has 0 atom stereocenters. The van der Waals surface area contributed by atoms with Gasteiger partial charge < -0.3 is 4.98 Å². The summed E-state index contributed by atoms with van der Waals surface area (Å²) in [5.74, 6) is 0.938. The molecule has 162 valence electrons. The van der Waals surface area contributed by atoms with E-state index in [0.717, 1.165) is 28.2 Å². The first kappa shape index (κ1) is 20.1. The molecular weight excluding hydrogens is 414 g/mol. The molecule has 0 aliphatic carbocycles. The van der Waals surface area contributed by atoms with Crippen LogP contribution >= 0.6 is 0 Å². The summed E-state index contributed by atoms with van der Waals surface area (Å²) in [5, 5.41) is 0. The van der Waals surface area contributed by atoms with E-state index >= 15 is 0 Å². The van der Waals surface area contributed by atoms with Crippen molar-refractivity contribution >= 4 is 11.0 Å². The van der Waals surface area contributed by atoms with Crippen LogP contribution in [0.25, 0.3) is 44.7 Å². The third kappa shape index (κ3) is 3.89. The minimum atomic E-state index is 0.637. The lowest BCUT2D eigenvalue weighted by Gasteiger charge is -2.12. The van der Waals surface area contributed by atoms with Crippen molar-refractivity contribution in [1.29, 1.82) is 0 Å². The molecule has 2 heterocycles. The molecule has 3 heteroatoms. The first-order valence-corrected chi connectivity index (χ1v) is 11.5. The molecule has 0 amide bonds. The van der Waals surface area contributed by atoms with E-state index in [0.29, 0.717) is 6.54 Å². The van der Waals surface area contributed by atoms with Gasteiger partial charge in [-0.1, -0.05) is 78.9 Å². The number of para-hydroxylation sites is 2. The Morgan fingerprint density at radius 3 is 1.59 bits per heavy atom. The zero-order valence-electron chi connectivity index (χ0n) is 18.7. The summed E-state index contributed by atoms with van der Waals surface area (Å²) in [4.78, 5) is 8.40. The van der Waals surface area contributed by atoms with E-state index in [1.807, 2.05) is 12.1 Å². The highest BCUT2D eigenvalue weighted by molar-refractivity contribution is 5.75. The smallest absolute Gasteiger partial charge is 0.214 e. The second-order valence-electron chi connectivity index (χ2n) is 8.40. The highest BCUT2D eigenvalue weighted by Gasteiger charge is 2.24. The zero-order chi connectivity index (χ0) is 22.7. The van der Waals surface area contributed by atoms with Gasteiger partial charge in [-0.25, -0.2) is 4.98 Å². The van der Waals surface area contributed by atoms with Gasteiger partial charge in [-0.2, -0.15) is 4.57 Å².